The van der Waals surface area contributed by atoms with Crippen LogP contribution < -0.4 is 15.5 Å². The number of ether oxygens (including phenoxy) is 1. The Hall–Kier alpha value is -2.54. The summed E-state index contributed by atoms with van der Waals surface area (Å²) in [6, 6.07) is 13.5. The van der Waals surface area contributed by atoms with Gasteiger partial charge in [-0.3, -0.25) is 4.90 Å². The van der Waals surface area contributed by atoms with Crippen LogP contribution in [-0.2, 0) is 11.2 Å². The van der Waals surface area contributed by atoms with Gasteiger partial charge in [-0.15, -0.1) is 11.3 Å². The topological polar surface area (TPSA) is 70.7 Å². The van der Waals surface area contributed by atoms with Gasteiger partial charge in [0.1, 0.15) is 11.1 Å². The molecule has 0 bridgehead atoms. The number of carbonyl (C=O) groups excluding carboxylic acids is 2. The van der Waals surface area contributed by atoms with Crippen LogP contribution in [0.5, 0.6) is 0 Å². The molecule has 1 saturated heterocycles. The summed E-state index contributed by atoms with van der Waals surface area (Å²) in [4.78, 5) is 25.2. The molecule has 0 spiro atoms. The fourth-order valence-corrected chi connectivity index (χ4v) is 3.20. The van der Waals surface area contributed by atoms with Gasteiger partial charge in [-0.2, -0.15) is 0 Å². The summed E-state index contributed by atoms with van der Waals surface area (Å²) < 4.78 is 5.27. The Morgan fingerprint density at radius 3 is 2.79 bits per heavy atom. The molecule has 3 amide bonds. The molecule has 1 atom stereocenters. The molecule has 1 aromatic carbocycles. The van der Waals surface area contributed by atoms with Gasteiger partial charge in [0.2, 0.25) is 0 Å². The van der Waals surface area contributed by atoms with Gasteiger partial charge in [-0.05, 0) is 29.5 Å². The van der Waals surface area contributed by atoms with E-state index in [0.29, 0.717) is 19.6 Å². The van der Waals surface area contributed by atoms with E-state index in [4.69, 9.17) is 4.74 Å². The number of nitrogens with one attached hydrogen (secondary N) is 2. The maximum atomic E-state index is 11.8. The second-order valence-electron chi connectivity index (χ2n) is 5.44. The minimum Gasteiger partial charge on any atom is -0.442 e. The second-order valence-corrected chi connectivity index (χ2v) is 6.37. The van der Waals surface area contributed by atoms with Crippen LogP contribution in [0.1, 0.15) is 5.56 Å². The van der Waals surface area contributed by atoms with Gasteiger partial charge in [-0.1, -0.05) is 30.3 Å². The maximum Gasteiger partial charge on any atom is 0.415 e. The maximum absolute atomic E-state index is 11.8. The molecule has 2 heterocycles. The highest BCUT2D eigenvalue weighted by molar-refractivity contribution is 7.14. The van der Waals surface area contributed by atoms with Crippen LogP contribution >= 0.6 is 11.3 Å². The van der Waals surface area contributed by atoms with Crippen LogP contribution in [0.15, 0.2) is 47.8 Å². The van der Waals surface area contributed by atoms with Gasteiger partial charge in [0.25, 0.3) is 0 Å². The van der Waals surface area contributed by atoms with Gasteiger partial charge in [0.15, 0.2) is 0 Å². The first kappa shape index (κ1) is 16.3. The Balaban J connectivity index is 1.37. The summed E-state index contributed by atoms with van der Waals surface area (Å²) in [5.74, 6) is 0. The highest BCUT2D eigenvalue weighted by atomic mass is 32.1. The fraction of sp³-hybridized carbons (Fsp3) is 0.294. The Labute approximate surface area is 144 Å². The first-order valence-corrected chi connectivity index (χ1v) is 8.67. The number of amides is 3. The van der Waals surface area contributed by atoms with Crippen LogP contribution in [0.25, 0.3) is 0 Å². The third-order valence-corrected chi connectivity index (χ3v) is 4.57. The van der Waals surface area contributed by atoms with E-state index < -0.39 is 0 Å². The number of carbonyl (C=O) groups is 2. The molecule has 6 nitrogen and oxygen atoms in total. The van der Waals surface area contributed by atoms with Crippen LogP contribution in [-0.4, -0.2) is 37.9 Å². The molecule has 0 saturated carbocycles. The molecular weight excluding hydrogens is 326 g/mol. The number of benzene rings is 1. The number of hydrogen-bond acceptors (Lipinski definition) is 4. The van der Waals surface area contributed by atoms with Crippen molar-refractivity contribution in [3.63, 3.8) is 0 Å². The number of anilines is 1. The smallest absolute Gasteiger partial charge is 0.415 e. The van der Waals surface area contributed by atoms with E-state index in [-0.39, 0.29) is 18.2 Å². The van der Waals surface area contributed by atoms with Crippen molar-refractivity contribution in [2.24, 2.45) is 0 Å². The highest BCUT2D eigenvalue weighted by Crippen LogP contribution is 2.25. The standard InChI is InChI=1S/C17H19N3O3S/c21-16(18-9-8-13-5-2-1-3-6-13)19-11-14-12-20(17(22)23-14)15-7-4-10-24-15/h1-7,10,14H,8-9,11-12H2,(H2,18,19,21). The van der Waals surface area contributed by atoms with Crippen molar-refractivity contribution in [2.75, 3.05) is 24.5 Å². The minimum absolute atomic E-state index is 0.253. The molecule has 1 aromatic heterocycles. The van der Waals surface area contributed by atoms with Gasteiger partial charge in [0.05, 0.1) is 13.1 Å². The van der Waals surface area contributed by atoms with Crippen molar-refractivity contribution in [1.82, 2.24) is 10.6 Å². The van der Waals surface area contributed by atoms with Crippen molar-refractivity contribution >= 4 is 28.5 Å². The molecular formula is C17H19N3O3S. The molecule has 7 heteroatoms. The van der Waals surface area contributed by atoms with Crippen molar-refractivity contribution < 1.29 is 14.3 Å². The average molecular weight is 345 g/mol. The normalized spacial score (nSPS) is 16.8. The van der Waals surface area contributed by atoms with Crippen molar-refractivity contribution in [3.8, 4) is 0 Å². The van der Waals surface area contributed by atoms with Crippen LogP contribution in [0.2, 0.25) is 0 Å². The second kappa shape index (κ2) is 7.83. The molecule has 1 aliphatic heterocycles. The SMILES string of the molecule is O=C(NCCc1ccccc1)NCC1CN(c2cccs2)C(=O)O1. The van der Waals surface area contributed by atoms with Gasteiger partial charge in [-0.25, -0.2) is 9.59 Å². The lowest BCUT2D eigenvalue weighted by molar-refractivity contribution is 0.140. The number of cyclic esters (lactones) is 1. The van der Waals surface area contributed by atoms with Crippen LogP contribution in [0.3, 0.4) is 0 Å². The van der Waals surface area contributed by atoms with Crippen LogP contribution in [0.4, 0.5) is 14.6 Å². The first-order chi connectivity index (χ1) is 11.7. The van der Waals surface area contributed by atoms with E-state index in [1.165, 1.54) is 16.9 Å². The summed E-state index contributed by atoms with van der Waals surface area (Å²) in [5.41, 5.74) is 1.18. The van der Waals surface area contributed by atoms with E-state index in [1.807, 2.05) is 47.8 Å². The molecule has 24 heavy (non-hydrogen) atoms. The minimum atomic E-state index is -0.367. The highest BCUT2D eigenvalue weighted by Gasteiger charge is 2.32. The lowest BCUT2D eigenvalue weighted by Crippen LogP contribution is -2.41. The van der Waals surface area contributed by atoms with Crippen molar-refractivity contribution in [3.05, 3.63) is 53.4 Å². The van der Waals surface area contributed by atoms with Gasteiger partial charge >= 0.3 is 12.1 Å². The first-order valence-electron chi connectivity index (χ1n) is 7.79. The zero-order valence-electron chi connectivity index (χ0n) is 13.1. The zero-order valence-corrected chi connectivity index (χ0v) is 13.9. The quantitative estimate of drug-likeness (QED) is 0.845. The van der Waals surface area contributed by atoms with Crippen LogP contribution in [0, 0.1) is 0 Å². The molecule has 3 rings (SSSR count). The van der Waals surface area contributed by atoms with Crippen molar-refractivity contribution in [2.45, 2.75) is 12.5 Å². The Morgan fingerprint density at radius 2 is 2.04 bits per heavy atom. The molecule has 1 aliphatic rings. The number of urea groups is 1. The number of thiophene rings is 1. The molecule has 0 radical (unpaired) electrons. The van der Waals surface area contributed by atoms with E-state index in [9.17, 15) is 9.59 Å². The lowest BCUT2D eigenvalue weighted by Gasteiger charge is -2.11. The van der Waals surface area contributed by atoms with E-state index in [0.717, 1.165) is 11.4 Å². The van der Waals surface area contributed by atoms with E-state index in [1.54, 1.807) is 4.90 Å². The predicted molar refractivity (Wildman–Crippen MR) is 93.5 cm³/mol. The Bertz CT molecular complexity index is 676. The van der Waals surface area contributed by atoms with Gasteiger partial charge < -0.3 is 15.4 Å². The molecule has 1 fully saturated rings. The summed E-state index contributed by atoms with van der Waals surface area (Å²) >= 11 is 1.48. The zero-order chi connectivity index (χ0) is 16.8. The average Bonchev–Trinajstić information content (AvgIpc) is 3.23. The lowest BCUT2D eigenvalue weighted by atomic mass is 10.1. The number of nitrogens with zero attached hydrogens (tertiary/aromatic N) is 1. The third-order valence-electron chi connectivity index (χ3n) is 3.68. The monoisotopic (exact) mass is 345 g/mol. The summed E-state index contributed by atoms with van der Waals surface area (Å²) in [5, 5.41) is 8.32. The fourth-order valence-electron chi connectivity index (χ4n) is 2.47. The molecule has 2 N–H and O–H groups in total. The van der Waals surface area contributed by atoms with E-state index in [2.05, 4.69) is 10.6 Å². The summed E-state index contributed by atoms with van der Waals surface area (Å²) in [7, 11) is 0. The summed E-state index contributed by atoms with van der Waals surface area (Å²) in [6.07, 6.45) is 0.0759. The molecule has 126 valence electrons. The number of hydrogen-bond donors (Lipinski definition) is 2. The van der Waals surface area contributed by atoms with Gasteiger partial charge in [0, 0.05) is 6.54 Å². The summed E-state index contributed by atoms with van der Waals surface area (Å²) in [6.45, 7) is 1.30. The molecule has 0 aliphatic carbocycles. The molecule has 2 aromatic rings. The molecule has 1 unspecified atom stereocenters. The third kappa shape index (κ3) is 4.26. The largest absolute Gasteiger partial charge is 0.442 e. The Morgan fingerprint density at radius 1 is 1.21 bits per heavy atom. The number of rotatable bonds is 6. The Kier molecular flexibility index (Phi) is 5.32. The predicted octanol–water partition coefficient (Wildman–Crippen LogP) is 2.62. The van der Waals surface area contributed by atoms with Crippen molar-refractivity contribution in [1.29, 1.82) is 0 Å². The van der Waals surface area contributed by atoms with E-state index >= 15 is 0 Å².